The molecular formula is C17H18ClN3. The number of halogens is 1. The lowest BCUT2D eigenvalue weighted by molar-refractivity contribution is 0.937. The van der Waals surface area contributed by atoms with Crippen LogP contribution in [0.3, 0.4) is 0 Å². The van der Waals surface area contributed by atoms with E-state index in [1.54, 1.807) is 0 Å². The molecule has 0 unspecified atom stereocenters. The average molecular weight is 300 g/mol. The van der Waals surface area contributed by atoms with E-state index in [9.17, 15) is 0 Å². The Morgan fingerprint density at radius 3 is 2.67 bits per heavy atom. The van der Waals surface area contributed by atoms with E-state index in [4.69, 9.17) is 11.6 Å². The van der Waals surface area contributed by atoms with Crippen LogP contribution in [-0.2, 0) is 0 Å². The van der Waals surface area contributed by atoms with Gasteiger partial charge in [-0.3, -0.25) is 0 Å². The van der Waals surface area contributed by atoms with E-state index in [1.807, 2.05) is 30.5 Å². The van der Waals surface area contributed by atoms with Gasteiger partial charge >= 0.3 is 0 Å². The molecule has 3 rings (SSSR count). The summed E-state index contributed by atoms with van der Waals surface area (Å²) in [4.78, 5) is 6.86. The second-order valence-corrected chi connectivity index (χ2v) is 5.65. The van der Waals surface area contributed by atoms with Gasteiger partial charge in [0.1, 0.15) is 5.82 Å². The first kappa shape index (κ1) is 14.0. The Morgan fingerprint density at radius 2 is 2.00 bits per heavy atom. The summed E-state index contributed by atoms with van der Waals surface area (Å²) in [5.74, 6) is 1.05. The predicted molar refractivity (Wildman–Crippen MR) is 89.8 cm³/mol. The summed E-state index contributed by atoms with van der Waals surface area (Å²) >= 11 is 5.98. The number of aromatic nitrogens is 1. The Balaban J connectivity index is 1.70. The van der Waals surface area contributed by atoms with Crippen LogP contribution in [-0.4, -0.2) is 18.1 Å². The molecule has 0 atom stereocenters. The lowest BCUT2D eigenvalue weighted by Gasteiger charge is -2.17. The monoisotopic (exact) mass is 299 g/mol. The Bertz CT molecular complexity index is 631. The Labute approximate surface area is 130 Å². The minimum absolute atomic E-state index is 0.704. The summed E-state index contributed by atoms with van der Waals surface area (Å²) in [5.41, 5.74) is 2.73. The molecule has 1 aliphatic rings. The van der Waals surface area contributed by atoms with Crippen molar-refractivity contribution in [1.29, 1.82) is 0 Å². The molecule has 0 spiro atoms. The molecule has 1 aliphatic heterocycles. The Kier molecular flexibility index (Phi) is 4.11. The molecule has 4 heteroatoms. The molecule has 3 nitrogen and oxygen atoms in total. The van der Waals surface area contributed by atoms with Crippen molar-refractivity contribution in [3.63, 3.8) is 0 Å². The second-order valence-electron chi connectivity index (χ2n) is 5.21. The maximum atomic E-state index is 5.98. The number of pyridine rings is 1. The molecule has 1 aromatic heterocycles. The van der Waals surface area contributed by atoms with Crippen LogP contribution < -0.4 is 10.2 Å². The maximum Gasteiger partial charge on any atom is 0.128 e. The van der Waals surface area contributed by atoms with Gasteiger partial charge in [-0.25, -0.2) is 4.98 Å². The van der Waals surface area contributed by atoms with E-state index in [0.29, 0.717) is 5.02 Å². The molecule has 2 aromatic rings. The normalized spacial score (nSPS) is 14.2. The summed E-state index contributed by atoms with van der Waals surface area (Å²) in [5, 5.41) is 3.96. The first-order valence-corrected chi connectivity index (χ1v) is 7.53. The first-order chi connectivity index (χ1) is 10.2. The van der Waals surface area contributed by atoms with Crippen LogP contribution in [0.2, 0.25) is 5.02 Å². The van der Waals surface area contributed by atoms with Crippen molar-refractivity contribution in [3.8, 4) is 0 Å². The number of hydrogen-bond acceptors (Lipinski definition) is 3. The van der Waals surface area contributed by atoms with Gasteiger partial charge in [-0.1, -0.05) is 24.2 Å². The van der Waals surface area contributed by atoms with Gasteiger partial charge < -0.3 is 10.2 Å². The van der Waals surface area contributed by atoms with Crippen molar-refractivity contribution in [1.82, 2.24) is 4.98 Å². The van der Waals surface area contributed by atoms with Crippen molar-refractivity contribution in [2.75, 3.05) is 23.3 Å². The minimum atomic E-state index is 0.704. The molecule has 1 saturated heterocycles. The van der Waals surface area contributed by atoms with Crippen LogP contribution >= 0.6 is 11.6 Å². The van der Waals surface area contributed by atoms with E-state index >= 15 is 0 Å². The van der Waals surface area contributed by atoms with Crippen LogP contribution in [0.4, 0.5) is 11.5 Å². The molecule has 2 heterocycles. The van der Waals surface area contributed by atoms with Crippen molar-refractivity contribution >= 4 is 28.8 Å². The molecule has 1 aromatic carbocycles. The van der Waals surface area contributed by atoms with Crippen LogP contribution in [0.1, 0.15) is 18.4 Å². The van der Waals surface area contributed by atoms with Crippen LogP contribution in [0.5, 0.6) is 0 Å². The number of anilines is 2. The molecule has 0 aliphatic carbocycles. The molecule has 1 N–H and O–H groups in total. The van der Waals surface area contributed by atoms with Crippen LogP contribution in [0, 0.1) is 0 Å². The summed E-state index contributed by atoms with van der Waals surface area (Å²) in [6.07, 6.45) is 4.38. The molecule has 21 heavy (non-hydrogen) atoms. The standard InChI is InChI=1S/C17H18ClN3/c1-13(20-16-6-4-5-15(18)11-16)14-7-8-17(19-12-14)21-9-2-3-10-21/h4-8,11-12,20H,1-3,9-10H2. The molecule has 1 fully saturated rings. The molecule has 108 valence electrons. The van der Waals surface area contributed by atoms with Gasteiger partial charge in [0.2, 0.25) is 0 Å². The van der Waals surface area contributed by atoms with Gasteiger partial charge in [0.05, 0.1) is 0 Å². The highest BCUT2D eigenvalue weighted by Gasteiger charge is 2.13. The molecular weight excluding hydrogens is 282 g/mol. The zero-order valence-corrected chi connectivity index (χ0v) is 12.6. The van der Waals surface area contributed by atoms with Crippen LogP contribution in [0.25, 0.3) is 5.70 Å². The highest BCUT2D eigenvalue weighted by Crippen LogP contribution is 2.22. The van der Waals surface area contributed by atoms with Gasteiger partial charge in [-0.15, -0.1) is 0 Å². The lowest BCUT2D eigenvalue weighted by Crippen LogP contribution is -2.18. The third kappa shape index (κ3) is 3.37. The molecule has 0 radical (unpaired) electrons. The molecule has 0 bridgehead atoms. The fourth-order valence-electron chi connectivity index (χ4n) is 2.51. The van der Waals surface area contributed by atoms with Crippen molar-refractivity contribution in [3.05, 3.63) is 59.8 Å². The van der Waals surface area contributed by atoms with E-state index in [2.05, 4.69) is 33.9 Å². The third-order valence-corrected chi connectivity index (χ3v) is 3.88. The smallest absolute Gasteiger partial charge is 0.128 e. The van der Waals surface area contributed by atoms with Crippen molar-refractivity contribution in [2.24, 2.45) is 0 Å². The van der Waals surface area contributed by atoms with E-state index in [-0.39, 0.29) is 0 Å². The molecule has 0 amide bonds. The van der Waals surface area contributed by atoms with Gasteiger partial charge in [0.25, 0.3) is 0 Å². The quantitative estimate of drug-likeness (QED) is 0.906. The van der Waals surface area contributed by atoms with E-state index in [0.717, 1.165) is 35.9 Å². The topological polar surface area (TPSA) is 28.2 Å². The number of nitrogens with one attached hydrogen (secondary N) is 1. The number of nitrogens with zero attached hydrogens (tertiary/aromatic N) is 2. The Hall–Kier alpha value is -2.00. The average Bonchev–Trinajstić information content (AvgIpc) is 3.01. The van der Waals surface area contributed by atoms with Gasteiger partial charge in [0.15, 0.2) is 0 Å². The van der Waals surface area contributed by atoms with Crippen molar-refractivity contribution in [2.45, 2.75) is 12.8 Å². The zero-order chi connectivity index (χ0) is 14.7. The summed E-state index contributed by atoms with van der Waals surface area (Å²) < 4.78 is 0. The highest BCUT2D eigenvalue weighted by molar-refractivity contribution is 6.30. The minimum Gasteiger partial charge on any atom is -0.357 e. The van der Waals surface area contributed by atoms with E-state index in [1.165, 1.54) is 12.8 Å². The zero-order valence-electron chi connectivity index (χ0n) is 11.8. The number of rotatable bonds is 4. The Morgan fingerprint density at radius 1 is 1.19 bits per heavy atom. The number of hydrogen-bond donors (Lipinski definition) is 1. The van der Waals surface area contributed by atoms with Crippen LogP contribution in [0.15, 0.2) is 49.2 Å². The SMILES string of the molecule is C=C(Nc1cccc(Cl)c1)c1ccc(N2CCCC2)nc1. The third-order valence-electron chi connectivity index (χ3n) is 3.65. The largest absolute Gasteiger partial charge is 0.357 e. The summed E-state index contributed by atoms with van der Waals surface area (Å²) in [6, 6.07) is 11.7. The van der Waals surface area contributed by atoms with E-state index < -0.39 is 0 Å². The highest BCUT2D eigenvalue weighted by atomic mass is 35.5. The van der Waals surface area contributed by atoms with Gasteiger partial charge in [-0.2, -0.15) is 0 Å². The molecule has 0 saturated carbocycles. The van der Waals surface area contributed by atoms with Gasteiger partial charge in [0, 0.05) is 41.3 Å². The summed E-state index contributed by atoms with van der Waals surface area (Å²) in [7, 11) is 0. The fraction of sp³-hybridized carbons (Fsp3) is 0.235. The lowest BCUT2D eigenvalue weighted by atomic mass is 10.2. The van der Waals surface area contributed by atoms with Gasteiger partial charge in [-0.05, 0) is 43.2 Å². The predicted octanol–water partition coefficient (Wildman–Crippen LogP) is 4.42. The fourth-order valence-corrected chi connectivity index (χ4v) is 2.70. The maximum absolute atomic E-state index is 5.98. The summed E-state index contributed by atoms with van der Waals surface area (Å²) in [6.45, 7) is 6.28. The number of benzene rings is 1. The van der Waals surface area contributed by atoms with Crippen molar-refractivity contribution < 1.29 is 0 Å². The second kappa shape index (κ2) is 6.19. The first-order valence-electron chi connectivity index (χ1n) is 7.15.